The zero-order valence-electron chi connectivity index (χ0n) is 10.5. The van der Waals surface area contributed by atoms with Crippen LogP contribution in [-0.4, -0.2) is 38.0 Å². The van der Waals surface area contributed by atoms with Crippen molar-refractivity contribution in [1.29, 1.82) is 5.26 Å². The summed E-state index contributed by atoms with van der Waals surface area (Å²) in [5.74, 6) is -0.0132. The first kappa shape index (κ1) is 14.0. The predicted octanol–water partition coefficient (Wildman–Crippen LogP) is 0.446. The highest BCUT2D eigenvalue weighted by Crippen LogP contribution is 2.34. The normalized spacial score (nSPS) is 16.8. The average Bonchev–Trinajstić information content (AvgIpc) is 3.19. The van der Waals surface area contributed by atoms with E-state index in [1.54, 1.807) is 0 Å². The molecule has 19 heavy (non-hydrogen) atoms. The molecule has 102 valence electrons. The topological polar surface area (TPSA) is 90.2 Å². The van der Waals surface area contributed by atoms with E-state index in [4.69, 9.17) is 10.4 Å². The van der Waals surface area contributed by atoms with Crippen molar-refractivity contribution in [3.63, 3.8) is 0 Å². The van der Waals surface area contributed by atoms with E-state index in [0.717, 1.165) is 12.8 Å². The van der Waals surface area contributed by atoms with Gasteiger partial charge in [0.25, 0.3) is 0 Å². The molecular weight excluding hydrogens is 264 g/mol. The van der Waals surface area contributed by atoms with Crippen molar-refractivity contribution in [2.45, 2.75) is 23.3 Å². The Morgan fingerprint density at radius 3 is 2.42 bits per heavy atom. The summed E-state index contributed by atoms with van der Waals surface area (Å²) in [6.07, 6.45) is 1.78. The minimum absolute atomic E-state index is 0.0132. The summed E-state index contributed by atoms with van der Waals surface area (Å²) in [6, 6.07) is 7.84. The van der Waals surface area contributed by atoms with Crippen LogP contribution in [0.3, 0.4) is 0 Å². The number of nitrogens with one attached hydrogen (secondary N) is 1. The standard InChI is InChI=1S/C13H16N2O3S/c14-9-11-1-3-12(4-2-11)19(17,18)8-7-15-13(10-16)5-6-13/h1-4,15-16H,5-8,10H2. The van der Waals surface area contributed by atoms with E-state index in [1.807, 2.05) is 6.07 Å². The van der Waals surface area contributed by atoms with E-state index in [9.17, 15) is 8.42 Å². The van der Waals surface area contributed by atoms with Gasteiger partial charge in [-0.3, -0.25) is 0 Å². The summed E-state index contributed by atoms with van der Waals surface area (Å²) in [6.45, 7) is 0.368. The van der Waals surface area contributed by atoms with Crippen LogP contribution in [0.4, 0.5) is 0 Å². The molecule has 1 aliphatic carbocycles. The monoisotopic (exact) mass is 280 g/mol. The second-order valence-electron chi connectivity index (χ2n) is 4.82. The molecule has 0 bridgehead atoms. The van der Waals surface area contributed by atoms with Crippen LogP contribution in [0.2, 0.25) is 0 Å². The molecule has 0 aliphatic heterocycles. The molecule has 5 nitrogen and oxygen atoms in total. The Morgan fingerprint density at radius 1 is 1.32 bits per heavy atom. The quantitative estimate of drug-likeness (QED) is 0.789. The number of aliphatic hydroxyl groups is 1. The van der Waals surface area contributed by atoms with Crippen LogP contribution in [0.25, 0.3) is 0 Å². The molecule has 1 saturated carbocycles. The third-order valence-corrected chi connectivity index (χ3v) is 5.10. The lowest BCUT2D eigenvalue weighted by Crippen LogP contribution is -2.37. The molecule has 0 radical (unpaired) electrons. The van der Waals surface area contributed by atoms with Crippen LogP contribution in [0.5, 0.6) is 0 Å². The van der Waals surface area contributed by atoms with Gasteiger partial charge in [-0.2, -0.15) is 5.26 Å². The van der Waals surface area contributed by atoms with Gasteiger partial charge in [-0.1, -0.05) is 0 Å². The van der Waals surface area contributed by atoms with Crippen molar-refractivity contribution in [3.8, 4) is 6.07 Å². The molecule has 6 heteroatoms. The molecule has 0 aromatic heterocycles. The number of hydrogen-bond acceptors (Lipinski definition) is 5. The number of nitrogens with zero attached hydrogens (tertiary/aromatic N) is 1. The van der Waals surface area contributed by atoms with Crippen LogP contribution < -0.4 is 5.32 Å². The first-order chi connectivity index (χ1) is 9.01. The largest absolute Gasteiger partial charge is 0.394 e. The van der Waals surface area contributed by atoms with Crippen molar-refractivity contribution in [2.75, 3.05) is 18.9 Å². The van der Waals surface area contributed by atoms with Crippen molar-refractivity contribution in [2.24, 2.45) is 0 Å². The van der Waals surface area contributed by atoms with Crippen LogP contribution in [0.15, 0.2) is 29.2 Å². The first-order valence-electron chi connectivity index (χ1n) is 6.10. The van der Waals surface area contributed by atoms with E-state index < -0.39 is 9.84 Å². The molecule has 2 rings (SSSR count). The molecular formula is C13H16N2O3S. The van der Waals surface area contributed by atoms with Gasteiger partial charge in [-0.25, -0.2) is 8.42 Å². The summed E-state index contributed by atoms with van der Waals surface area (Å²) in [4.78, 5) is 0.224. The summed E-state index contributed by atoms with van der Waals surface area (Å²) in [5, 5.41) is 20.9. The summed E-state index contributed by atoms with van der Waals surface area (Å²) in [5.41, 5.74) is 0.189. The fourth-order valence-electron chi connectivity index (χ4n) is 1.85. The Bertz CT molecular complexity index is 583. The SMILES string of the molecule is N#Cc1ccc(S(=O)(=O)CCNC2(CO)CC2)cc1. The molecule has 1 aliphatic rings. The summed E-state index contributed by atoms with van der Waals surface area (Å²) < 4.78 is 24.1. The maximum Gasteiger partial charge on any atom is 0.179 e. The van der Waals surface area contributed by atoms with Crippen molar-refractivity contribution in [3.05, 3.63) is 29.8 Å². The van der Waals surface area contributed by atoms with Gasteiger partial charge in [0.1, 0.15) is 0 Å². The zero-order valence-corrected chi connectivity index (χ0v) is 11.3. The minimum atomic E-state index is -3.34. The number of nitriles is 1. The molecule has 1 aromatic carbocycles. The summed E-state index contributed by atoms with van der Waals surface area (Å²) >= 11 is 0. The van der Waals surface area contributed by atoms with Gasteiger partial charge in [-0.05, 0) is 37.1 Å². The lowest BCUT2D eigenvalue weighted by molar-refractivity contribution is 0.233. The number of benzene rings is 1. The highest BCUT2D eigenvalue weighted by molar-refractivity contribution is 7.91. The Kier molecular flexibility index (Phi) is 3.90. The van der Waals surface area contributed by atoms with E-state index in [2.05, 4.69) is 5.32 Å². The lowest BCUT2D eigenvalue weighted by atomic mass is 10.2. The van der Waals surface area contributed by atoms with Crippen LogP contribution >= 0.6 is 0 Å². The van der Waals surface area contributed by atoms with E-state index >= 15 is 0 Å². The highest BCUT2D eigenvalue weighted by atomic mass is 32.2. The summed E-state index contributed by atoms with van der Waals surface area (Å²) in [7, 11) is -3.34. The number of hydrogen-bond donors (Lipinski definition) is 2. The maximum absolute atomic E-state index is 12.0. The Hall–Kier alpha value is -1.42. The third kappa shape index (κ3) is 3.32. The van der Waals surface area contributed by atoms with Gasteiger partial charge in [0, 0.05) is 12.1 Å². The molecule has 0 unspecified atom stereocenters. The maximum atomic E-state index is 12.0. The molecule has 0 amide bonds. The Morgan fingerprint density at radius 2 is 1.95 bits per heavy atom. The number of sulfone groups is 1. The fourth-order valence-corrected chi connectivity index (χ4v) is 3.00. The van der Waals surface area contributed by atoms with Gasteiger partial charge >= 0.3 is 0 Å². The van der Waals surface area contributed by atoms with Gasteiger partial charge in [0.05, 0.1) is 28.9 Å². The molecule has 0 atom stereocenters. The van der Waals surface area contributed by atoms with E-state index in [1.165, 1.54) is 24.3 Å². The molecule has 2 N–H and O–H groups in total. The van der Waals surface area contributed by atoms with Crippen molar-refractivity contribution < 1.29 is 13.5 Å². The smallest absolute Gasteiger partial charge is 0.179 e. The third-order valence-electron chi connectivity index (χ3n) is 3.37. The van der Waals surface area contributed by atoms with Gasteiger partial charge in [0.15, 0.2) is 9.84 Å². The first-order valence-corrected chi connectivity index (χ1v) is 7.75. The highest BCUT2D eigenvalue weighted by Gasteiger charge is 2.41. The van der Waals surface area contributed by atoms with Crippen molar-refractivity contribution in [1.82, 2.24) is 5.32 Å². The Labute approximate surface area is 112 Å². The second kappa shape index (κ2) is 5.29. The molecule has 0 saturated heterocycles. The molecule has 0 heterocycles. The average molecular weight is 280 g/mol. The van der Waals surface area contributed by atoms with Crippen LogP contribution in [-0.2, 0) is 9.84 Å². The zero-order chi connectivity index (χ0) is 13.9. The molecule has 1 aromatic rings. The van der Waals surface area contributed by atoms with Gasteiger partial charge in [0.2, 0.25) is 0 Å². The lowest BCUT2D eigenvalue weighted by Gasteiger charge is -2.14. The molecule has 1 fully saturated rings. The predicted molar refractivity (Wildman–Crippen MR) is 70.3 cm³/mol. The fraction of sp³-hybridized carbons (Fsp3) is 0.462. The minimum Gasteiger partial charge on any atom is -0.394 e. The molecule has 0 spiro atoms. The number of rotatable bonds is 6. The van der Waals surface area contributed by atoms with Gasteiger partial charge < -0.3 is 10.4 Å². The number of aliphatic hydroxyl groups excluding tert-OH is 1. The second-order valence-corrected chi connectivity index (χ2v) is 6.93. The van der Waals surface area contributed by atoms with Crippen LogP contribution in [0.1, 0.15) is 18.4 Å². The van der Waals surface area contributed by atoms with Crippen molar-refractivity contribution >= 4 is 9.84 Å². The van der Waals surface area contributed by atoms with E-state index in [0.29, 0.717) is 12.1 Å². The Balaban J connectivity index is 1.96. The van der Waals surface area contributed by atoms with Gasteiger partial charge in [-0.15, -0.1) is 0 Å². The van der Waals surface area contributed by atoms with E-state index in [-0.39, 0.29) is 22.8 Å². The van der Waals surface area contributed by atoms with Crippen LogP contribution in [0, 0.1) is 11.3 Å².